The van der Waals surface area contributed by atoms with Crippen LogP contribution in [0.4, 0.5) is 21.0 Å². The molecule has 0 saturated carbocycles. The van der Waals surface area contributed by atoms with Gasteiger partial charge in [-0.05, 0) is 32.2 Å². The summed E-state index contributed by atoms with van der Waals surface area (Å²) >= 11 is 7.71. The second kappa shape index (κ2) is 12.7. The third kappa shape index (κ3) is 5.71. The van der Waals surface area contributed by atoms with Crippen molar-refractivity contribution in [3.63, 3.8) is 0 Å². The van der Waals surface area contributed by atoms with E-state index < -0.39 is 17.6 Å². The van der Waals surface area contributed by atoms with Gasteiger partial charge < -0.3 is 20.3 Å². The smallest absolute Gasteiger partial charge is 0.320 e. The number of hydrogen-bond donors (Lipinski definition) is 1. The molecule has 0 radical (unpaired) electrons. The van der Waals surface area contributed by atoms with Gasteiger partial charge in [-0.15, -0.1) is 11.3 Å². The Kier molecular flexibility index (Phi) is 8.59. The molecule has 14 nitrogen and oxygen atoms in total. The highest BCUT2D eigenvalue weighted by molar-refractivity contribution is 7.20. The number of aryl methyl sites for hydroxylation is 1. The van der Waals surface area contributed by atoms with Gasteiger partial charge in [-0.25, -0.2) is 4.39 Å². The highest BCUT2D eigenvalue weighted by Gasteiger charge is 2.49. The average molecular weight is 708 g/mol. The predicted molar refractivity (Wildman–Crippen MR) is 180 cm³/mol. The molecular weight excluding hydrogens is 673 g/mol. The summed E-state index contributed by atoms with van der Waals surface area (Å²) in [6.45, 7) is 2.77. The van der Waals surface area contributed by atoms with Crippen molar-refractivity contribution in [3.05, 3.63) is 38.5 Å². The number of nitrogens with two attached hydrogens (primary N) is 1. The minimum Gasteiger partial charge on any atom is -0.461 e. The van der Waals surface area contributed by atoms with E-state index in [-0.39, 0.29) is 59.6 Å². The quantitative estimate of drug-likeness (QED) is 0.381. The average Bonchev–Trinajstić information content (AvgIpc) is 3.88. The number of halogens is 2. The Morgan fingerprint density at radius 2 is 1.94 bits per heavy atom. The summed E-state index contributed by atoms with van der Waals surface area (Å²) in [7, 11) is 3.22. The fourth-order valence-electron chi connectivity index (χ4n) is 7.67. The number of carbonyl (C=O) groups excluding carboxylic acids is 2. The topological polar surface area (TPSA) is 174 Å². The van der Waals surface area contributed by atoms with Gasteiger partial charge in [0.2, 0.25) is 0 Å². The van der Waals surface area contributed by atoms with Gasteiger partial charge in [0, 0.05) is 70.8 Å². The predicted octanol–water partition coefficient (Wildman–Crippen LogP) is 3.41. The molecular formula is C32H35ClFN11O3S. The van der Waals surface area contributed by atoms with Gasteiger partial charge in [-0.3, -0.25) is 24.1 Å². The summed E-state index contributed by atoms with van der Waals surface area (Å²) in [5.41, 5.74) is 7.07. The molecule has 0 aromatic carbocycles. The van der Waals surface area contributed by atoms with Crippen molar-refractivity contribution in [1.29, 1.82) is 10.5 Å². The van der Waals surface area contributed by atoms with Crippen LogP contribution in [-0.4, -0.2) is 106 Å². The SMILES string of the molecule is CN(C)C(=O)c1cc2n(n1)CCCN(c1nc(OC[C@@]34CCCN3C[C@H](F)C4)nc(N3CCC(c4c(Cl)sc(N)c4C#N)C3)c1C#N)C2=O. The van der Waals surface area contributed by atoms with E-state index in [1.54, 1.807) is 14.1 Å². The highest BCUT2D eigenvalue weighted by atomic mass is 35.5. The Morgan fingerprint density at radius 1 is 1.16 bits per heavy atom. The van der Waals surface area contributed by atoms with Crippen molar-refractivity contribution in [3.8, 4) is 18.1 Å². The summed E-state index contributed by atoms with van der Waals surface area (Å²) < 4.78 is 22.8. The Morgan fingerprint density at radius 3 is 2.69 bits per heavy atom. The number of hydrogen-bond acceptors (Lipinski definition) is 12. The molecule has 3 saturated heterocycles. The van der Waals surface area contributed by atoms with Crippen molar-refractivity contribution in [1.82, 2.24) is 29.5 Å². The molecule has 0 aliphatic carbocycles. The molecule has 7 heterocycles. The van der Waals surface area contributed by atoms with Gasteiger partial charge in [0.05, 0.1) is 15.4 Å². The lowest BCUT2D eigenvalue weighted by Gasteiger charge is -2.31. The van der Waals surface area contributed by atoms with Gasteiger partial charge in [-0.2, -0.15) is 25.6 Å². The highest BCUT2D eigenvalue weighted by Crippen LogP contribution is 2.44. The molecule has 49 heavy (non-hydrogen) atoms. The molecule has 17 heteroatoms. The van der Waals surface area contributed by atoms with Gasteiger partial charge in [0.25, 0.3) is 11.8 Å². The number of nitriles is 2. The second-order valence-corrected chi connectivity index (χ2v) is 14.9. The van der Waals surface area contributed by atoms with E-state index in [1.165, 1.54) is 20.5 Å². The van der Waals surface area contributed by atoms with E-state index >= 15 is 0 Å². The number of fused-ring (bicyclic) bond motifs is 2. The number of nitrogen functional groups attached to an aromatic ring is 1. The molecule has 4 aliphatic heterocycles. The number of anilines is 3. The molecule has 0 spiro atoms. The van der Waals surface area contributed by atoms with E-state index in [1.807, 2.05) is 4.90 Å². The van der Waals surface area contributed by atoms with Crippen molar-refractivity contribution in [2.45, 2.75) is 56.3 Å². The molecule has 2 amide bonds. The lowest BCUT2D eigenvalue weighted by atomic mass is 9.95. The van der Waals surface area contributed by atoms with Crippen LogP contribution in [0, 0.1) is 22.7 Å². The second-order valence-electron chi connectivity index (χ2n) is 13.2. The lowest BCUT2D eigenvalue weighted by Crippen LogP contribution is -2.43. The molecule has 4 aliphatic rings. The van der Waals surface area contributed by atoms with E-state index in [9.17, 15) is 24.5 Å². The molecule has 3 atom stereocenters. The van der Waals surface area contributed by atoms with Crippen LogP contribution in [0.15, 0.2) is 6.07 Å². The normalized spacial score (nSPS) is 23.6. The zero-order chi connectivity index (χ0) is 34.6. The summed E-state index contributed by atoms with van der Waals surface area (Å²) in [6, 6.07) is 5.86. The third-order valence-corrected chi connectivity index (χ3v) is 11.3. The molecule has 2 N–H and O–H groups in total. The number of thiophene rings is 1. The number of aromatic nitrogens is 4. The minimum absolute atomic E-state index is 0.0273. The summed E-state index contributed by atoms with van der Waals surface area (Å²) in [5.74, 6) is -0.594. The summed E-state index contributed by atoms with van der Waals surface area (Å²) in [4.78, 5) is 43.1. The molecule has 3 aromatic rings. The van der Waals surface area contributed by atoms with Crippen molar-refractivity contribution in [2.24, 2.45) is 0 Å². The van der Waals surface area contributed by atoms with Gasteiger partial charge >= 0.3 is 6.01 Å². The van der Waals surface area contributed by atoms with Crippen LogP contribution in [0.3, 0.4) is 0 Å². The minimum atomic E-state index is -0.946. The monoisotopic (exact) mass is 707 g/mol. The number of ether oxygens (including phenoxy) is 1. The standard InChI is InChI=1S/C32H35ClFN11O3S/c1-41(2)29(46)22-11-23-30(47)44(8-4-9-45(23)40-22)28-21(14-36)27(42-10-5-18(15-42)24-20(13-35)26(37)49-25(24)33)38-31(39-28)48-17-32-6-3-7-43(32)16-19(34)12-32/h11,18-19H,3-10,12,15-17,37H2,1-2H3/t18?,19-,32+/m1/s1. The van der Waals surface area contributed by atoms with Crippen LogP contribution in [-0.2, 0) is 6.54 Å². The maximum atomic E-state index is 14.6. The first-order valence-corrected chi connectivity index (χ1v) is 17.4. The Bertz CT molecular complexity index is 1920. The molecule has 256 valence electrons. The van der Waals surface area contributed by atoms with Crippen LogP contribution in [0.1, 0.15) is 75.7 Å². The third-order valence-electron chi connectivity index (χ3n) is 10.0. The van der Waals surface area contributed by atoms with Gasteiger partial charge in [0.15, 0.2) is 17.3 Å². The number of amides is 2. The molecule has 3 fully saturated rings. The molecule has 7 rings (SSSR count). The first-order valence-electron chi connectivity index (χ1n) is 16.2. The number of carbonyl (C=O) groups is 2. The van der Waals surface area contributed by atoms with Crippen LogP contribution < -0.4 is 20.3 Å². The molecule has 3 aromatic heterocycles. The van der Waals surface area contributed by atoms with Crippen LogP contribution >= 0.6 is 22.9 Å². The van der Waals surface area contributed by atoms with Crippen LogP contribution in [0.5, 0.6) is 6.01 Å². The fraction of sp³-hybridized carbons (Fsp3) is 0.531. The van der Waals surface area contributed by atoms with Crippen LogP contribution in [0.25, 0.3) is 0 Å². The Labute approximate surface area is 291 Å². The fourth-order valence-corrected chi connectivity index (χ4v) is 9.00. The van der Waals surface area contributed by atoms with E-state index in [0.29, 0.717) is 65.9 Å². The molecule has 1 unspecified atom stereocenters. The number of rotatable bonds is 7. The largest absolute Gasteiger partial charge is 0.461 e. The molecule has 0 bridgehead atoms. The first-order chi connectivity index (χ1) is 23.5. The Balaban J connectivity index is 1.27. The first kappa shape index (κ1) is 33.0. The van der Waals surface area contributed by atoms with E-state index in [4.69, 9.17) is 27.1 Å². The van der Waals surface area contributed by atoms with Crippen LogP contribution in [0.2, 0.25) is 4.34 Å². The zero-order valence-corrected chi connectivity index (χ0v) is 28.7. The summed E-state index contributed by atoms with van der Waals surface area (Å²) in [5, 5.41) is 25.1. The lowest BCUT2D eigenvalue weighted by molar-refractivity contribution is 0.0820. The summed E-state index contributed by atoms with van der Waals surface area (Å²) in [6.07, 6.45) is 2.22. The van der Waals surface area contributed by atoms with Gasteiger partial charge in [0.1, 0.15) is 41.2 Å². The number of alkyl halides is 1. The maximum Gasteiger partial charge on any atom is 0.320 e. The van der Waals surface area contributed by atoms with Crippen molar-refractivity contribution < 1.29 is 18.7 Å². The number of nitrogens with zero attached hydrogens (tertiary/aromatic N) is 10. The zero-order valence-electron chi connectivity index (χ0n) is 27.2. The van der Waals surface area contributed by atoms with Crippen molar-refractivity contribution >= 4 is 51.4 Å². The Hall–Kier alpha value is -4.51. The van der Waals surface area contributed by atoms with Crippen molar-refractivity contribution in [2.75, 3.05) is 69.0 Å². The van der Waals surface area contributed by atoms with E-state index in [0.717, 1.165) is 30.7 Å². The van der Waals surface area contributed by atoms with Gasteiger partial charge in [-0.1, -0.05) is 11.6 Å². The van der Waals surface area contributed by atoms with E-state index in [2.05, 4.69) is 27.1 Å². The maximum absolute atomic E-state index is 14.6.